The SMILES string of the molecule is CCC(CC)(CNC(=NC)NC1CCN(C(=O)C(C)C)CC1)NC(C)c1ccccc1.I. The maximum absolute atomic E-state index is 12.2. The minimum Gasteiger partial charge on any atom is -0.355 e. The van der Waals surface area contributed by atoms with Gasteiger partial charge in [0, 0.05) is 50.2 Å². The quantitative estimate of drug-likeness (QED) is 0.240. The van der Waals surface area contributed by atoms with E-state index in [0.29, 0.717) is 6.04 Å². The van der Waals surface area contributed by atoms with Gasteiger partial charge in [-0.3, -0.25) is 9.79 Å². The van der Waals surface area contributed by atoms with E-state index in [1.165, 1.54) is 5.56 Å². The number of guanidine groups is 1. The van der Waals surface area contributed by atoms with Gasteiger partial charge < -0.3 is 20.9 Å². The van der Waals surface area contributed by atoms with Crippen LogP contribution in [-0.4, -0.2) is 55.0 Å². The highest BCUT2D eigenvalue weighted by Crippen LogP contribution is 2.21. The molecule has 1 amide bonds. The van der Waals surface area contributed by atoms with Crippen molar-refractivity contribution in [3.63, 3.8) is 0 Å². The number of halogens is 1. The van der Waals surface area contributed by atoms with E-state index in [4.69, 9.17) is 0 Å². The fourth-order valence-electron chi connectivity index (χ4n) is 4.29. The summed E-state index contributed by atoms with van der Waals surface area (Å²) in [7, 11) is 1.83. The molecule has 1 aliphatic rings. The van der Waals surface area contributed by atoms with Crippen LogP contribution in [0.1, 0.15) is 71.9 Å². The zero-order valence-corrected chi connectivity index (χ0v) is 23.1. The lowest BCUT2D eigenvalue weighted by molar-refractivity contribution is -0.135. The molecule has 32 heavy (non-hydrogen) atoms. The van der Waals surface area contributed by atoms with E-state index in [9.17, 15) is 4.79 Å². The average Bonchev–Trinajstić information content (AvgIpc) is 2.81. The lowest BCUT2D eigenvalue weighted by Crippen LogP contribution is -2.57. The number of carbonyl (C=O) groups excluding carboxylic acids is 1. The zero-order valence-electron chi connectivity index (χ0n) is 20.8. The Morgan fingerprint density at radius 2 is 1.72 bits per heavy atom. The molecule has 1 atom stereocenters. The third-order valence-electron chi connectivity index (χ3n) is 6.64. The van der Waals surface area contributed by atoms with E-state index in [0.717, 1.165) is 51.3 Å². The molecule has 0 radical (unpaired) electrons. The molecular formula is C25H44IN5O. The average molecular weight is 558 g/mol. The lowest BCUT2D eigenvalue weighted by Gasteiger charge is -2.38. The Morgan fingerprint density at radius 3 is 2.22 bits per heavy atom. The van der Waals surface area contributed by atoms with Crippen LogP contribution in [0.2, 0.25) is 0 Å². The van der Waals surface area contributed by atoms with Crippen LogP contribution in [0.15, 0.2) is 35.3 Å². The van der Waals surface area contributed by atoms with Crippen LogP contribution in [0.3, 0.4) is 0 Å². The summed E-state index contributed by atoms with van der Waals surface area (Å²) in [6, 6.07) is 11.2. The highest BCUT2D eigenvalue weighted by Gasteiger charge is 2.29. The van der Waals surface area contributed by atoms with Gasteiger partial charge in [-0.15, -0.1) is 24.0 Å². The Bertz CT molecular complexity index is 698. The number of likely N-dealkylation sites (tertiary alicyclic amines) is 1. The van der Waals surface area contributed by atoms with Gasteiger partial charge in [0.15, 0.2) is 5.96 Å². The number of aliphatic imine (C=N–C) groups is 1. The summed E-state index contributed by atoms with van der Waals surface area (Å²) in [6.45, 7) is 13.1. The maximum atomic E-state index is 12.2. The second-order valence-electron chi connectivity index (χ2n) is 9.09. The van der Waals surface area contributed by atoms with Gasteiger partial charge in [-0.1, -0.05) is 58.0 Å². The molecule has 1 aromatic carbocycles. The van der Waals surface area contributed by atoms with E-state index in [1.807, 2.05) is 25.8 Å². The fourth-order valence-corrected chi connectivity index (χ4v) is 4.29. The Balaban J connectivity index is 0.00000512. The summed E-state index contributed by atoms with van der Waals surface area (Å²) < 4.78 is 0. The van der Waals surface area contributed by atoms with Crippen molar-refractivity contribution in [1.82, 2.24) is 20.9 Å². The summed E-state index contributed by atoms with van der Waals surface area (Å²) in [5.41, 5.74) is 1.29. The van der Waals surface area contributed by atoms with Gasteiger partial charge >= 0.3 is 0 Å². The topological polar surface area (TPSA) is 68.8 Å². The normalized spacial score (nSPS) is 16.5. The zero-order chi connectivity index (χ0) is 22.9. The van der Waals surface area contributed by atoms with Crippen LogP contribution in [0.25, 0.3) is 0 Å². The van der Waals surface area contributed by atoms with Crippen molar-refractivity contribution < 1.29 is 4.79 Å². The van der Waals surface area contributed by atoms with Crippen LogP contribution in [0.4, 0.5) is 0 Å². The number of piperidine rings is 1. The van der Waals surface area contributed by atoms with Crippen LogP contribution in [0.5, 0.6) is 0 Å². The first-order valence-corrected chi connectivity index (χ1v) is 11.9. The molecular weight excluding hydrogens is 513 g/mol. The van der Waals surface area contributed by atoms with Crippen molar-refractivity contribution >= 4 is 35.8 Å². The van der Waals surface area contributed by atoms with E-state index in [2.05, 4.69) is 72.0 Å². The Hall–Kier alpha value is -1.35. The van der Waals surface area contributed by atoms with Gasteiger partial charge in [0.25, 0.3) is 0 Å². The lowest BCUT2D eigenvalue weighted by atomic mass is 9.90. The number of benzene rings is 1. The van der Waals surface area contributed by atoms with Gasteiger partial charge in [0.05, 0.1) is 0 Å². The number of hydrogen-bond donors (Lipinski definition) is 3. The summed E-state index contributed by atoms with van der Waals surface area (Å²) in [5.74, 6) is 1.17. The van der Waals surface area contributed by atoms with Gasteiger partial charge in [0.2, 0.25) is 5.91 Å². The van der Waals surface area contributed by atoms with Crippen molar-refractivity contribution in [3.05, 3.63) is 35.9 Å². The van der Waals surface area contributed by atoms with Gasteiger partial charge in [0.1, 0.15) is 0 Å². The highest BCUT2D eigenvalue weighted by molar-refractivity contribution is 14.0. The Labute approximate surface area is 212 Å². The molecule has 0 bridgehead atoms. The molecule has 1 heterocycles. The Morgan fingerprint density at radius 1 is 1.12 bits per heavy atom. The van der Waals surface area contributed by atoms with E-state index in [1.54, 1.807) is 0 Å². The predicted octanol–water partition coefficient (Wildman–Crippen LogP) is 4.33. The van der Waals surface area contributed by atoms with Crippen molar-refractivity contribution in [2.75, 3.05) is 26.7 Å². The highest BCUT2D eigenvalue weighted by atomic mass is 127. The number of carbonyl (C=O) groups is 1. The smallest absolute Gasteiger partial charge is 0.225 e. The molecule has 1 aromatic rings. The van der Waals surface area contributed by atoms with Crippen molar-refractivity contribution in [3.8, 4) is 0 Å². The molecule has 6 nitrogen and oxygen atoms in total. The number of nitrogens with zero attached hydrogens (tertiary/aromatic N) is 2. The summed E-state index contributed by atoms with van der Waals surface area (Å²) in [5, 5.41) is 11.0. The summed E-state index contributed by atoms with van der Waals surface area (Å²) in [4.78, 5) is 18.7. The number of nitrogens with one attached hydrogen (secondary N) is 3. The van der Waals surface area contributed by atoms with Gasteiger partial charge in [-0.2, -0.15) is 0 Å². The van der Waals surface area contributed by atoms with E-state index in [-0.39, 0.29) is 47.4 Å². The molecule has 1 saturated heterocycles. The third-order valence-corrected chi connectivity index (χ3v) is 6.64. The number of amides is 1. The molecule has 1 aliphatic heterocycles. The second kappa shape index (κ2) is 14.0. The largest absolute Gasteiger partial charge is 0.355 e. The molecule has 3 N–H and O–H groups in total. The Kier molecular flexibility index (Phi) is 12.6. The second-order valence-corrected chi connectivity index (χ2v) is 9.09. The molecule has 0 spiro atoms. The van der Waals surface area contributed by atoms with Crippen LogP contribution in [-0.2, 0) is 4.79 Å². The van der Waals surface area contributed by atoms with Crippen LogP contribution >= 0.6 is 24.0 Å². The van der Waals surface area contributed by atoms with Gasteiger partial charge in [-0.05, 0) is 38.2 Å². The van der Waals surface area contributed by atoms with E-state index >= 15 is 0 Å². The number of hydrogen-bond acceptors (Lipinski definition) is 3. The van der Waals surface area contributed by atoms with Crippen LogP contribution in [0, 0.1) is 5.92 Å². The van der Waals surface area contributed by atoms with Crippen molar-refractivity contribution in [2.24, 2.45) is 10.9 Å². The predicted molar refractivity (Wildman–Crippen MR) is 146 cm³/mol. The molecule has 182 valence electrons. The van der Waals surface area contributed by atoms with E-state index < -0.39 is 0 Å². The van der Waals surface area contributed by atoms with Crippen LogP contribution < -0.4 is 16.0 Å². The first kappa shape index (κ1) is 28.7. The first-order chi connectivity index (χ1) is 14.8. The summed E-state index contributed by atoms with van der Waals surface area (Å²) in [6.07, 6.45) is 3.96. The monoisotopic (exact) mass is 557 g/mol. The standard InChI is InChI=1S/C25H43N5O.HI/c1-7-25(8-2,29-20(5)21-12-10-9-11-13-21)18-27-24(26-6)28-22-14-16-30(17-15-22)23(31)19(3)4;/h9-13,19-20,22,29H,7-8,14-18H2,1-6H3,(H2,26,27,28);1H. The molecule has 0 aliphatic carbocycles. The summed E-state index contributed by atoms with van der Waals surface area (Å²) >= 11 is 0. The molecule has 2 rings (SSSR count). The molecule has 0 saturated carbocycles. The fraction of sp³-hybridized carbons (Fsp3) is 0.680. The van der Waals surface area contributed by atoms with Crippen molar-refractivity contribution in [2.45, 2.75) is 77.9 Å². The molecule has 7 heteroatoms. The number of rotatable bonds is 9. The maximum Gasteiger partial charge on any atom is 0.225 e. The molecule has 0 aromatic heterocycles. The molecule has 1 unspecified atom stereocenters. The first-order valence-electron chi connectivity index (χ1n) is 11.9. The molecule has 1 fully saturated rings. The van der Waals surface area contributed by atoms with Crippen molar-refractivity contribution in [1.29, 1.82) is 0 Å². The van der Waals surface area contributed by atoms with Gasteiger partial charge in [-0.25, -0.2) is 0 Å². The minimum atomic E-state index is -0.0140. The minimum absolute atomic E-state index is 0. The third kappa shape index (κ3) is 8.21.